The third-order valence-electron chi connectivity index (χ3n) is 2.61. The van der Waals surface area contributed by atoms with Gasteiger partial charge in [-0.15, -0.1) is 0 Å². The predicted octanol–water partition coefficient (Wildman–Crippen LogP) is 2.28. The maximum atomic E-state index is 11.6. The lowest BCUT2D eigenvalue weighted by Gasteiger charge is -2.20. The third kappa shape index (κ3) is 6.39. The van der Waals surface area contributed by atoms with Gasteiger partial charge in [0.2, 0.25) is 0 Å². The lowest BCUT2D eigenvalue weighted by Crippen LogP contribution is -2.49. The molecule has 3 amide bonds. The van der Waals surface area contributed by atoms with Gasteiger partial charge in [0.25, 0.3) is 5.91 Å². The molecule has 0 aromatic heterocycles. The van der Waals surface area contributed by atoms with Crippen molar-refractivity contribution in [3.8, 4) is 5.75 Å². The second-order valence-electron chi connectivity index (χ2n) is 5.84. The molecular formula is C16H22N2O4. The van der Waals surface area contributed by atoms with Gasteiger partial charge in [0, 0.05) is 17.5 Å². The smallest absolute Gasteiger partial charge is 0.321 e. The molecule has 1 rings (SSSR count). The molecule has 6 heteroatoms. The molecule has 6 nitrogen and oxygen atoms in total. The Bertz CT molecular complexity index is 544. The fourth-order valence-electron chi connectivity index (χ4n) is 1.62. The molecule has 0 aliphatic heterocycles. The Morgan fingerprint density at radius 2 is 1.68 bits per heavy atom. The van der Waals surface area contributed by atoms with Gasteiger partial charge in [-0.25, -0.2) is 4.79 Å². The lowest BCUT2D eigenvalue weighted by atomic mass is 10.1. The van der Waals surface area contributed by atoms with Crippen LogP contribution in [0.1, 0.15) is 44.5 Å². The predicted molar refractivity (Wildman–Crippen MR) is 83.0 cm³/mol. The van der Waals surface area contributed by atoms with Gasteiger partial charge in [-0.05, 0) is 45.0 Å². The van der Waals surface area contributed by atoms with E-state index in [0.29, 0.717) is 17.7 Å². The van der Waals surface area contributed by atoms with Crippen molar-refractivity contribution in [3.05, 3.63) is 29.8 Å². The monoisotopic (exact) mass is 306 g/mol. The standard InChI is InChI=1S/C16H22N2O4/c1-5-13(19)11-6-8-12(9-7-11)22-10-14(20)17-15(21)18-16(2,3)4/h6-9H,5,10H2,1-4H3,(H2,17,18,20,21). The fourth-order valence-corrected chi connectivity index (χ4v) is 1.62. The molecule has 1 aromatic rings. The summed E-state index contributed by atoms with van der Waals surface area (Å²) in [6.45, 7) is 6.95. The van der Waals surface area contributed by atoms with E-state index in [1.807, 2.05) is 20.8 Å². The Morgan fingerprint density at radius 1 is 1.09 bits per heavy atom. The molecule has 0 unspecified atom stereocenters. The third-order valence-corrected chi connectivity index (χ3v) is 2.61. The number of nitrogens with one attached hydrogen (secondary N) is 2. The first-order valence-corrected chi connectivity index (χ1v) is 7.09. The van der Waals surface area contributed by atoms with Crippen LogP contribution in [0.4, 0.5) is 4.79 Å². The maximum Gasteiger partial charge on any atom is 0.321 e. The zero-order valence-corrected chi connectivity index (χ0v) is 13.4. The van der Waals surface area contributed by atoms with Crippen molar-refractivity contribution in [1.82, 2.24) is 10.6 Å². The van der Waals surface area contributed by atoms with Crippen LogP contribution in [0.5, 0.6) is 5.75 Å². The highest BCUT2D eigenvalue weighted by atomic mass is 16.5. The van der Waals surface area contributed by atoms with Gasteiger partial charge in [0.05, 0.1) is 0 Å². The number of rotatable bonds is 5. The van der Waals surface area contributed by atoms with Crippen molar-refractivity contribution < 1.29 is 19.1 Å². The highest BCUT2D eigenvalue weighted by Crippen LogP contribution is 2.13. The Labute approximate surface area is 130 Å². The molecule has 0 spiro atoms. The Balaban J connectivity index is 2.44. The second kappa shape index (κ2) is 7.59. The van der Waals surface area contributed by atoms with Crippen LogP contribution in [0.3, 0.4) is 0 Å². The second-order valence-corrected chi connectivity index (χ2v) is 5.84. The average Bonchev–Trinajstić information content (AvgIpc) is 2.42. The highest BCUT2D eigenvalue weighted by molar-refractivity contribution is 5.96. The quantitative estimate of drug-likeness (QED) is 0.817. The van der Waals surface area contributed by atoms with Crippen molar-refractivity contribution in [2.75, 3.05) is 6.61 Å². The summed E-state index contributed by atoms with van der Waals surface area (Å²) in [6.07, 6.45) is 0.436. The largest absolute Gasteiger partial charge is 0.484 e. The minimum absolute atomic E-state index is 0.0446. The number of ketones is 1. The van der Waals surface area contributed by atoms with Gasteiger partial charge >= 0.3 is 6.03 Å². The molecule has 1 aromatic carbocycles. The van der Waals surface area contributed by atoms with E-state index in [2.05, 4.69) is 10.6 Å². The molecule has 0 aliphatic rings. The molecule has 0 heterocycles. The zero-order valence-electron chi connectivity index (χ0n) is 13.4. The molecule has 0 bridgehead atoms. The molecule has 120 valence electrons. The van der Waals surface area contributed by atoms with E-state index >= 15 is 0 Å². The summed E-state index contributed by atoms with van der Waals surface area (Å²) >= 11 is 0. The lowest BCUT2D eigenvalue weighted by molar-refractivity contribution is -0.122. The number of carbonyl (C=O) groups excluding carboxylic acids is 3. The van der Waals surface area contributed by atoms with Gasteiger partial charge in [-0.2, -0.15) is 0 Å². The molecule has 2 N–H and O–H groups in total. The van der Waals surface area contributed by atoms with Gasteiger partial charge in [-0.1, -0.05) is 6.92 Å². The number of ether oxygens (including phenoxy) is 1. The highest BCUT2D eigenvalue weighted by Gasteiger charge is 2.15. The van der Waals surface area contributed by atoms with Crippen LogP contribution in [0.25, 0.3) is 0 Å². The van der Waals surface area contributed by atoms with Crippen LogP contribution in [-0.4, -0.2) is 29.9 Å². The average molecular weight is 306 g/mol. The molecule has 0 saturated carbocycles. The number of urea groups is 1. The molecule has 22 heavy (non-hydrogen) atoms. The Morgan fingerprint density at radius 3 is 2.18 bits per heavy atom. The van der Waals surface area contributed by atoms with Crippen LogP contribution in [-0.2, 0) is 4.79 Å². The van der Waals surface area contributed by atoms with E-state index in [4.69, 9.17) is 4.74 Å². The number of Topliss-reactive ketones (excluding diaryl/α,β-unsaturated/α-hetero) is 1. The summed E-state index contributed by atoms with van der Waals surface area (Å²) < 4.78 is 5.26. The number of imide groups is 1. The Kier molecular flexibility index (Phi) is 6.10. The van der Waals surface area contributed by atoms with Crippen molar-refractivity contribution in [1.29, 1.82) is 0 Å². The van der Waals surface area contributed by atoms with Gasteiger partial charge < -0.3 is 10.1 Å². The summed E-state index contributed by atoms with van der Waals surface area (Å²) in [7, 11) is 0. The first kappa shape index (κ1) is 17.7. The van der Waals surface area contributed by atoms with E-state index in [0.717, 1.165) is 0 Å². The molecule has 0 fully saturated rings. The van der Waals surface area contributed by atoms with E-state index in [9.17, 15) is 14.4 Å². The number of carbonyl (C=O) groups is 3. The number of benzene rings is 1. The Hall–Kier alpha value is -2.37. The normalized spacial score (nSPS) is 10.7. The maximum absolute atomic E-state index is 11.6. The van der Waals surface area contributed by atoms with E-state index in [1.54, 1.807) is 31.2 Å². The molecule has 0 radical (unpaired) electrons. The van der Waals surface area contributed by atoms with Gasteiger partial charge in [0.15, 0.2) is 12.4 Å². The summed E-state index contributed by atoms with van der Waals surface area (Å²) in [5.74, 6) is -0.0439. The summed E-state index contributed by atoms with van der Waals surface area (Å²) in [5.41, 5.74) is 0.177. The topological polar surface area (TPSA) is 84.5 Å². The van der Waals surface area contributed by atoms with Gasteiger partial charge in [-0.3, -0.25) is 14.9 Å². The number of hydrogen-bond donors (Lipinski definition) is 2. The molecule has 0 saturated heterocycles. The van der Waals surface area contributed by atoms with Crippen LogP contribution >= 0.6 is 0 Å². The van der Waals surface area contributed by atoms with Crippen LogP contribution < -0.4 is 15.4 Å². The number of amides is 3. The van der Waals surface area contributed by atoms with Crippen molar-refractivity contribution >= 4 is 17.7 Å². The SMILES string of the molecule is CCC(=O)c1ccc(OCC(=O)NC(=O)NC(C)(C)C)cc1. The van der Waals surface area contributed by atoms with Crippen LogP contribution in [0.2, 0.25) is 0 Å². The van der Waals surface area contributed by atoms with E-state index < -0.39 is 17.5 Å². The zero-order chi connectivity index (χ0) is 16.8. The van der Waals surface area contributed by atoms with Crippen molar-refractivity contribution in [2.24, 2.45) is 0 Å². The minimum Gasteiger partial charge on any atom is -0.484 e. The summed E-state index contributed by atoms with van der Waals surface area (Å²) in [6, 6.07) is 5.96. The molecular weight excluding hydrogens is 284 g/mol. The van der Waals surface area contributed by atoms with Crippen molar-refractivity contribution in [3.63, 3.8) is 0 Å². The van der Waals surface area contributed by atoms with E-state index in [-0.39, 0.29) is 12.4 Å². The summed E-state index contributed by atoms with van der Waals surface area (Å²) in [5, 5.41) is 4.79. The fraction of sp³-hybridized carbons (Fsp3) is 0.438. The number of hydrogen-bond acceptors (Lipinski definition) is 4. The van der Waals surface area contributed by atoms with Crippen LogP contribution in [0, 0.1) is 0 Å². The van der Waals surface area contributed by atoms with E-state index in [1.165, 1.54) is 0 Å². The van der Waals surface area contributed by atoms with Crippen LogP contribution in [0.15, 0.2) is 24.3 Å². The first-order chi connectivity index (χ1) is 10.2. The first-order valence-electron chi connectivity index (χ1n) is 7.09. The van der Waals surface area contributed by atoms with Crippen molar-refractivity contribution in [2.45, 2.75) is 39.7 Å². The van der Waals surface area contributed by atoms with Gasteiger partial charge in [0.1, 0.15) is 5.75 Å². The molecule has 0 aliphatic carbocycles. The summed E-state index contributed by atoms with van der Waals surface area (Å²) in [4.78, 5) is 34.6. The molecule has 0 atom stereocenters. The minimum atomic E-state index is -0.565.